The van der Waals surface area contributed by atoms with Crippen molar-refractivity contribution >= 4 is 28.3 Å². The number of amides is 2. The SMILES string of the molecule is CCc1csc(NC(=O)[C@H]2CC(=O)N(C)[C@H]2c2cccnc2)n1. The first-order chi connectivity index (χ1) is 11.1. The first-order valence-electron chi connectivity index (χ1n) is 7.51. The molecular formula is C16H18N4O2S. The summed E-state index contributed by atoms with van der Waals surface area (Å²) in [5.41, 5.74) is 1.82. The second kappa shape index (κ2) is 6.45. The molecule has 6 nitrogen and oxygen atoms in total. The van der Waals surface area contributed by atoms with E-state index in [1.165, 1.54) is 11.3 Å². The molecule has 23 heavy (non-hydrogen) atoms. The Balaban J connectivity index is 1.81. The highest BCUT2D eigenvalue weighted by molar-refractivity contribution is 7.13. The van der Waals surface area contributed by atoms with Gasteiger partial charge < -0.3 is 10.2 Å². The zero-order chi connectivity index (χ0) is 16.4. The van der Waals surface area contributed by atoms with Crippen molar-refractivity contribution in [3.05, 3.63) is 41.2 Å². The maximum absolute atomic E-state index is 12.6. The molecule has 120 valence electrons. The fourth-order valence-corrected chi connectivity index (χ4v) is 3.63. The van der Waals surface area contributed by atoms with Crippen molar-refractivity contribution in [3.63, 3.8) is 0 Å². The average Bonchev–Trinajstić information content (AvgIpc) is 3.13. The number of carbonyl (C=O) groups is 2. The van der Waals surface area contributed by atoms with Gasteiger partial charge in [0.15, 0.2) is 5.13 Å². The smallest absolute Gasteiger partial charge is 0.232 e. The molecule has 0 saturated carbocycles. The average molecular weight is 330 g/mol. The van der Waals surface area contributed by atoms with Gasteiger partial charge in [-0.1, -0.05) is 13.0 Å². The van der Waals surface area contributed by atoms with Crippen LogP contribution in [0.25, 0.3) is 0 Å². The molecule has 3 rings (SSSR count). The number of aryl methyl sites for hydroxylation is 1. The predicted molar refractivity (Wildman–Crippen MR) is 88.0 cm³/mol. The lowest BCUT2D eigenvalue weighted by atomic mass is 9.94. The lowest BCUT2D eigenvalue weighted by molar-refractivity contribution is -0.127. The molecule has 0 radical (unpaired) electrons. The van der Waals surface area contributed by atoms with Crippen LogP contribution in [-0.4, -0.2) is 33.7 Å². The van der Waals surface area contributed by atoms with Gasteiger partial charge >= 0.3 is 0 Å². The zero-order valence-corrected chi connectivity index (χ0v) is 13.8. The van der Waals surface area contributed by atoms with Gasteiger partial charge in [0.05, 0.1) is 17.7 Å². The number of likely N-dealkylation sites (tertiary alicyclic amines) is 1. The van der Waals surface area contributed by atoms with Crippen LogP contribution >= 0.6 is 11.3 Å². The normalized spacial score (nSPS) is 20.8. The minimum absolute atomic E-state index is 0.0348. The first kappa shape index (κ1) is 15.6. The summed E-state index contributed by atoms with van der Waals surface area (Å²) in [4.78, 5) is 34.8. The van der Waals surface area contributed by atoms with Crippen LogP contribution in [0.15, 0.2) is 29.9 Å². The summed E-state index contributed by atoms with van der Waals surface area (Å²) in [6, 6.07) is 3.42. The molecule has 2 aromatic rings. The molecule has 2 aromatic heterocycles. The van der Waals surface area contributed by atoms with E-state index in [1.807, 2.05) is 24.4 Å². The minimum Gasteiger partial charge on any atom is -0.338 e. The van der Waals surface area contributed by atoms with Gasteiger partial charge in [0, 0.05) is 31.2 Å². The number of pyridine rings is 1. The molecule has 1 aliphatic heterocycles. The molecule has 0 bridgehead atoms. The van der Waals surface area contributed by atoms with E-state index >= 15 is 0 Å². The van der Waals surface area contributed by atoms with Crippen molar-refractivity contribution in [3.8, 4) is 0 Å². The van der Waals surface area contributed by atoms with E-state index in [2.05, 4.69) is 15.3 Å². The van der Waals surface area contributed by atoms with Crippen LogP contribution in [0, 0.1) is 5.92 Å². The van der Waals surface area contributed by atoms with E-state index in [0.29, 0.717) is 5.13 Å². The van der Waals surface area contributed by atoms with Gasteiger partial charge in [-0.05, 0) is 18.1 Å². The molecule has 7 heteroatoms. The number of nitrogens with zero attached hydrogens (tertiary/aromatic N) is 3. The van der Waals surface area contributed by atoms with Crippen molar-refractivity contribution in [1.82, 2.24) is 14.9 Å². The van der Waals surface area contributed by atoms with E-state index in [4.69, 9.17) is 0 Å². The Morgan fingerprint density at radius 3 is 3.00 bits per heavy atom. The van der Waals surface area contributed by atoms with Gasteiger partial charge in [-0.25, -0.2) is 4.98 Å². The summed E-state index contributed by atoms with van der Waals surface area (Å²) in [5.74, 6) is -0.647. The largest absolute Gasteiger partial charge is 0.338 e. The molecule has 1 saturated heterocycles. The quantitative estimate of drug-likeness (QED) is 0.933. The Morgan fingerprint density at radius 1 is 1.52 bits per heavy atom. The lowest BCUT2D eigenvalue weighted by Gasteiger charge is -2.24. The third-order valence-electron chi connectivity index (χ3n) is 4.09. The van der Waals surface area contributed by atoms with Gasteiger partial charge in [-0.15, -0.1) is 11.3 Å². The summed E-state index contributed by atoms with van der Waals surface area (Å²) in [5, 5.41) is 5.36. The number of hydrogen-bond donors (Lipinski definition) is 1. The van der Waals surface area contributed by atoms with Gasteiger partial charge in [0.1, 0.15) is 0 Å². The number of anilines is 1. The molecule has 2 amide bonds. The monoisotopic (exact) mass is 330 g/mol. The van der Waals surface area contributed by atoms with Crippen molar-refractivity contribution in [2.24, 2.45) is 5.92 Å². The number of thiazole rings is 1. The van der Waals surface area contributed by atoms with Crippen LogP contribution < -0.4 is 5.32 Å². The molecule has 0 aliphatic carbocycles. The Labute approximate surface area is 138 Å². The summed E-state index contributed by atoms with van der Waals surface area (Å²) < 4.78 is 0. The zero-order valence-electron chi connectivity index (χ0n) is 13.0. The van der Waals surface area contributed by atoms with Crippen molar-refractivity contribution < 1.29 is 9.59 Å². The molecule has 2 atom stereocenters. The van der Waals surface area contributed by atoms with Crippen LogP contribution in [0.3, 0.4) is 0 Å². The molecule has 0 aromatic carbocycles. The van der Waals surface area contributed by atoms with E-state index < -0.39 is 5.92 Å². The maximum atomic E-state index is 12.6. The Bertz CT molecular complexity index is 716. The molecular weight excluding hydrogens is 312 g/mol. The molecule has 1 fully saturated rings. The van der Waals surface area contributed by atoms with Gasteiger partial charge in [-0.2, -0.15) is 0 Å². The van der Waals surface area contributed by atoms with E-state index in [1.54, 1.807) is 24.3 Å². The van der Waals surface area contributed by atoms with Crippen LogP contribution in [0.2, 0.25) is 0 Å². The maximum Gasteiger partial charge on any atom is 0.232 e. The van der Waals surface area contributed by atoms with Crippen LogP contribution in [0.5, 0.6) is 0 Å². The standard InChI is InChI=1S/C16H18N4O2S/c1-3-11-9-23-16(18-11)19-15(22)12-7-13(21)20(2)14(12)10-5-4-6-17-8-10/h4-6,8-9,12,14H,3,7H2,1-2H3,(H,18,19,22)/t12-,14-/m0/s1. The fraction of sp³-hybridized carbons (Fsp3) is 0.375. The molecule has 3 heterocycles. The number of nitrogens with one attached hydrogen (secondary N) is 1. The molecule has 1 aliphatic rings. The highest BCUT2D eigenvalue weighted by atomic mass is 32.1. The predicted octanol–water partition coefficient (Wildman–Crippen LogP) is 2.26. The number of rotatable bonds is 4. The topological polar surface area (TPSA) is 75.2 Å². The third-order valence-corrected chi connectivity index (χ3v) is 4.90. The summed E-state index contributed by atoms with van der Waals surface area (Å²) in [6.07, 6.45) is 4.42. The highest BCUT2D eigenvalue weighted by Crippen LogP contribution is 2.37. The Hall–Kier alpha value is -2.28. The third kappa shape index (κ3) is 3.10. The van der Waals surface area contributed by atoms with Crippen molar-refractivity contribution in [2.75, 3.05) is 12.4 Å². The Kier molecular flexibility index (Phi) is 4.38. The van der Waals surface area contributed by atoms with Crippen LogP contribution in [-0.2, 0) is 16.0 Å². The van der Waals surface area contributed by atoms with Gasteiger partial charge in [0.2, 0.25) is 11.8 Å². The summed E-state index contributed by atoms with van der Waals surface area (Å²) >= 11 is 1.41. The molecule has 1 N–H and O–H groups in total. The van der Waals surface area contributed by atoms with E-state index in [0.717, 1.165) is 17.7 Å². The Morgan fingerprint density at radius 2 is 2.35 bits per heavy atom. The summed E-state index contributed by atoms with van der Waals surface area (Å²) in [6.45, 7) is 2.02. The van der Waals surface area contributed by atoms with Crippen LogP contribution in [0.1, 0.15) is 30.6 Å². The van der Waals surface area contributed by atoms with Crippen molar-refractivity contribution in [1.29, 1.82) is 0 Å². The van der Waals surface area contributed by atoms with E-state index in [9.17, 15) is 9.59 Å². The minimum atomic E-state index is -0.439. The molecule has 0 spiro atoms. The van der Waals surface area contributed by atoms with Crippen LogP contribution in [0.4, 0.5) is 5.13 Å². The number of aromatic nitrogens is 2. The van der Waals surface area contributed by atoms with Gasteiger partial charge in [-0.3, -0.25) is 14.6 Å². The van der Waals surface area contributed by atoms with Gasteiger partial charge in [0.25, 0.3) is 0 Å². The summed E-state index contributed by atoms with van der Waals surface area (Å²) in [7, 11) is 1.73. The first-order valence-corrected chi connectivity index (χ1v) is 8.39. The van der Waals surface area contributed by atoms with Crippen molar-refractivity contribution in [2.45, 2.75) is 25.8 Å². The van der Waals surface area contributed by atoms with E-state index in [-0.39, 0.29) is 24.3 Å². The second-order valence-corrected chi connectivity index (χ2v) is 6.39. The fourth-order valence-electron chi connectivity index (χ4n) is 2.84. The number of hydrogen-bond acceptors (Lipinski definition) is 5. The number of carbonyl (C=O) groups excluding carboxylic acids is 2. The lowest BCUT2D eigenvalue weighted by Crippen LogP contribution is -2.30. The molecule has 0 unspecified atom stereocenters. The second-order valence-electron chi connectivity index (χ2n) is 5.53. The highest BCUT2D eigenvalue weighted by Gasteiger charge is 2.42.